The zero-order chi connectivity index (χ0) is 14.7. The highest BCUT2D eigenvalue weighted by Gasteiger charge is 2.20. The van der Waals surface area contributed by atoms with E-state index >= 15 is 0 Å². The van der Waals surface area contributed by atoms with E-state index in [0.29, 0.717) is 17.8 Å². The predicted molar refractivity (Wildman–Crippen MR) is 77.8 cm³/mol. The van der Waals surface area contributed by atoms with E-state index in [2.05, 4.69) is 25.3 Å². The van der Waals surface area contributed by atoms with E-state index in [4.69, 9.17) is 5.73 Å². The van der Waals surface area contributed by atoms with Gasteiger partial charge in [-0.15, -0.1) is 0 Å². The Balaban J connectivity index is 1.68. The minimum absolute atomic E-state index is 0.167. The zero-order valence-corrected chi connectivity index (χ0v) is 11.7. The molecule has 1 aliphatic rings. The number of aliphatic hydroxyl groups excluding tert-OH is 1. The highest BCUT2D eigenvalue weighted by Crippen LogP contribution is 2.24. The molecule has 4 N–H and O–H groups in total. The summed E-state index contributed by atoms with van der Waals surface area (Å²) >= 11 is 0. The standard InChI is InChI=1S/C13H19N7O/c14-11-17-12(16-7-9-2-1-3-10(21)6-9)19-13(18-11)20-5-4-15-8-20/h4-5,8-10,21H,1-3,6-7H2,(H3,14,16,17,18,19). The average Bonchev–Trinajstić information content (AvgIpc) is 2.99. The fourth-order valence-corrected chi connectivity index (χ4v) is 2.64. The van der Waals surface area contributed by atoms with Gasteiger partial charge in [-0.1, -0.05) is 6.42 Å². The maximum Gasteiger partial charge on any atom is 0.241 e. The van der Waals surface area contributed by atoms with Crippen molar-refractivity contribution in [3.05, 3.63) is 18.7 Å². The quantitative estimate of drug-likeness (QED) is 0.755. The van der Waals surface area contributed by atoms with Crippen LogP contribution in [0, 0.1) is 5.92 Å². The summed E-state index contributed by atoms with van der Waals surface area (Å²) in [6.45, 7) is 0.726. The smallest absolute Gasteiger partial charge is 0.241 e. The van der Waals surface area contributed by atoms with E-state index < -0.39 is 0 Å². The van der Waals surface area contributed by atoms with Gasteiger partial charge < -0.3 is 16.2 Å². The second kappa shape index (κ2) is 6.04. The summed E-state index contributed by atoms with van der Waals surface area (Å²) in [4.78, 5) is 16.5. The van der Waals surface area contributed by atoms with Crippen LogP contribution in [0.5, 0.6) is 0 Å². The van der Waals surface area contributed by atoms with Crippen molar-refractivity contribution in [1.29, 1.82) is 0 Å². The lowest BCUT2D eigenvalue weighted by atomic mass is 9.87. The Labute approximate surface area is 122 Å². The molecule has 0 aromatic carbocycles. The van der Waals surface area contributed by atoms with E-state index in [9.17, 15) is 5.11 Å². The number of rotatable bonds is 4. The molecule has 1 fully saturated rings. The number of imidazole rings is 1. The Hall–Kier alpha value is -2.22. The highest BCUT2D eigenvalue weighted by molar-refractivity contribution is 5.35. The molecule has 2 heterocycles. The lowest BCUT2D eigenvalue weighted by Crippen LogP contribution is -2.25. The fourth-order valence-electron chi connectivity index (χ4n) is 2.64. The molecule has 1 aliphatic carbocycles. The Bertz CT molecular complexity index is 586. The molecule has 2 aromatic heterocycles. The molecular formula is C13H19N7O. The van der Waals surface area contributed by atoms with Gasteiger partial charge in [-0.3, -0.25) is 4.57 Å². The van der Waals surface area contributed by atoms with Gasteiger partial charge in [0.25, 0.3) is 0 Å². The van der Waals surface area contributed by atoms with Gasteiger partial charge in [0.05, 0.1) is 6.10 Å². The summed E-state index contributed by atoms with van der Waals surface area (Å²) in [7, 11) is 0. The molecule has 0 bridgehead atoms. The second-order valence-corrected chi connectivity index (χ2v) is 5.35. The second-order valence-electron chi connectivity index (χ2n) is 5.35. The number of hydrogen-bond donors (Lipinski definition) is 3. The molecule has 0 saturated heterocycles. The molecule has 3 rings (SSSR count). The van der Waals surface area contributed by atoms with Gasteiger partial charge in [0.2, 0.25) is 17.8 Å². The Kier molecular flexibility index (Phi) is 3.96. The zero-order valence-electron chi connectivity index (χ0n) is 11.7. The topological polar surface area (TPSA) is 115 Å². The van der Waals surface area contributed by atoms with Gasteiger partial charge >= 0.3 is 0 Å². The van der Waals surface area contributed by atoms with Gasteiger partial charge in [0.1, 0.15) is 6.33 Å². The van der Waals surface area contributed by atoms with E-state index in [1.54, 1.807) is 23.3 Å². The van der Waals surface area contributed by atoms with Crippen LogP contribution in [0.25, 0.3) is 5.95 Å². The number of aromatic nitrogens is 5. The summed E-state index contributed by atoms with van der Waals surface area (Å²) in [5, 5.41) is 12.9. The number of nitrogen functional groups attached to an aromatic ring is 1. The van der Waals surface area contributed by atoms with E-state index in [1.807, 2.05) is 0 Å². The number of nitrogens with two attached hydrogens (primary N) is 1. The van der Waals surface area contributed by atoms with Crippen molar-refractivity contribution in [3.8, 4) is 5.95 Å². The number of nitrogens with zero attached hydrogens (tertiary/aromatic N) is 5. The third-order valence-corrected chi connectivity index (χ3v) is 3.68. The number of hydrogen-bond acceptors (Lipinski definition) is 7. The van der Waals surface area contributed by atoms with E-state index in [-0.39, 0.29) is 12.1 Å². The molecule has 8 nitrogen and oxygen atoms in total. The molecule has 21 heavy (non-hydrogen) atoms. The molecule has 0 radical (unpaired) electrons. The molecule has 2 unspecified atom stereocenters. The van der Waals surface area contributed by atoms with Crippen LogP contribution in [0.2, 0.25) is 0 Å². The van der Waals surface area contributed by atoms with Crippen LogP contribution in [0.4, 0.5) is 11.9 Å². The van der Waals surface area contributed by atoms with Gasteiger partial charge in [0.15, 0.2) is 0 Å². The Morgan fingerprint density at radius 1 is 1.33 bits per heavy atom. The summed E-state index contributed by atoms with van der Waals surface area (Å²) in [5.41, 5.74) is 5.72. The van der Waals surface area contributed by atoms with E-state index in [0.717, 1.165) is 32.2 Å². The van der Waals surface area contributed by atoms with E-state index in [1.165, 1.54) is 0 Å². The normalized spacial score (nSPS) is 22.1. The molecule has 112 valence electrons. The van der Waals surface area contributed by atoms with Gasteiger partial charge in [0, 0.05) is 18.9 Å². The fraction of sp³-hybridized carbons (Fsp3) is 0.538. The summed E-state index contributed by atoms with van der Waals surface area (Å²) < 4.78 is 1.67. The number of anilines is 2. The third-order valence-electron chi connectivity index (χ3n) is 3.68. The molecule has 0 amide bonds. The molecule has 1 saturated carbocycles. The maximum atomic E-state index is 9.69. The minimum atomic E-state index is -0.185. The number of aliphatic hydroxyl groups is 1. The Morgan fingerprint density at radius 3 is 3.00 bits per heavy atom. The van der Waals surface area contributed by atoms with Crippen LogP contribution in [0.15, 0.2) is 18.7 Å². The maximum absolute atomic E-state index is 9.69. The third kappa shape index (κ3) is 3.46. The predicted octanol–water partition coefficient (Wildman–Crippen LogP) is 0.602. The van der Waals surface area contributed by atoms with Crippen molar-refractivity contribution in [2.45, 2.75) is 31.8 Å². The van der Waals surface area contributed by atoms with Crippen LogP contribution in [0.1, 0.15) is 25.7 Å². The first-order valence-corrected chi connectivity index (χ1v) is 7.12. The minimum Gasteiger partial charge on any atom is -0.393 e. The average molecular weight is 289 g/mol. The van der Waals surface area contributed by atoms with Crippen molar-refractivity contribution in [2.75, 3.05) is 17.6 Å². The van der Waals surface area contributed by atoms with Crippen LogP contribution in [-0.4, -0.2) is 42.3 Å². The first-order valence-electron chi connectivity index (χ1n) is 7.12. The molecule has 8 heteroatoms. The van der Waals surface area contributed by atoms with Crippen LogP contribution in [-0.2, 0) is 0 Å². The lowest BCUT2D eigenvalue weighted by Gasteiger charge is -2.25. The first-order chi connectivity index (χ1) is 10.2. The van der Waals surface area contributed by atoms with Crippen molar-refractivity contribution in [3.63, 3.8) is 0 Å². The van der Waals surface area contributed by atoms with Gasteiger partial charge in [-0.2, -0.15) is 15.0 Å². The molecular weight excluding hydrogens is 270 g/mol. The summed E-state index contributed by atoms with van der Waals surface area (Å²) in [6.07, 6.45) is 8.71. The summed E-state index contributed by atoms with van der Waals surface area (Å²) in [6, 6.07) is 0. The number of nitrogens with one attached hydrogen (secondary N) is 1. The first kappa shape index (κ1) is 13.7. The molecule has 0 aliphatic heterocycles. The summed E-state index contributed by atoms with van der Waals surface area (Å²) in [5.74, 6) is 1.49. The highest BCUT2D eigenvalue weighted by atomic mass is 16.3. The largest absolute Gasteiger partial charge is 0.393 e. The van der Waals surface area contributed by atoms with Crippen LogP contribution in [0.3, 0.4) is 0 Å². The molecule has 2 aromatic rings. The van der Waals surface area contributed by atoms with Gasteiger partial charge in [-0.25, -0.2) is 4.98 Å². The lowest BCUT2D eigenvalue weighted by molar-refractivity contribution is 0.104. The monoisotopic (exact) mass is 289 g/mol. The van der Waals surface area contributed by atoms with Crippen molar-refractivity contribution < 1.29 is 5.11 Å². The molecule has 2 atom stereocenters. The van der Waals surface area contributed by atoms with Crippen molar-refractivity contribution >= 4 is 11.9 Å². The van der Waals surface area contributed by atoms with Crippen LogP contribution >= 0.6 is 0 Å². The SMILES string of the molecule is Nc1nc(NCC2CCCC(O)C2)nc(-n2ccnc2)n1. The Morgan fingerprint density at radius 2 is 2.24 bits per heavy atom. The van der Waals surface area contributed by atoms with Gasteiger partial charge in [-0.05, 0) is 25.2 Å². The van der Waals surface area contributed by atoms with Crippen molar-refractivity contribution in [1.82, 2.24) is 24.5 Å². The molecule has 0 spiro atoms. The van der Waals surface area contributed by atoms with Crippen LogP contribution < -0.4 is 11.1 Å². The van der Waals surface area contributed by atoms with Crippen molar-refractivity contribution in [2.24, 2.45) is 5.92 Å².